The summed E-state index contributed by atoms with van der Waals surface area (Å²) in [5, 5.41) is 15.4. The molecule has 0 spiro atoms. The quantitative estimate of drug-likeness (QED) is 0.778. The first kappa shape index (κ1) is 10.7. The second kappa shape index (κ2) is 3.96. The van der Waals surface area contributed by atoms with Crippen LogP contribution in [0.5, 0.6) is 0 Å². The molecule has 6 heteroatoms. The maximum atomic E-state index is 11.7. The Kier molecular flexibility index (Phi) is 2.64. The molecule has 1 heterocycles. The van der Waals surface area contributed by atoms with Crippen LogP contribution >= 0.6 is 0 Å². The number of aromatic carboxylic acids is 1. The summed E-state index contributed by atoms with van der Waals surface area (Å²) in [5.41, 5.74) is 0.217. The van der Waals surface area contributed by atoms with Crippen LogP contribution < -0.4 is 5.32 Å². The van der Waals surface area contributed by atoms with E-state index in [9.17, 15) is 9.59 Å². The highest BCUT2D eigenvalue weighted by Crippen LogP contribution is 2.19. The van der Waals surface area contributed by atoms with Crippen molar-refractivity contribution in [3.63, 3.8) is 0 Å². The lowest BCUT2D eigenvalue weighted by Gasteiger charge is -2.04. The summed E-state index contributed by atoms with van der Waals surface area (Å²) in [6.07, 6.45) is 2.00. The minimum atomic E-state index is -1.12. The number of nitrogens with zero attached hydrogens (tertiary/aromatic N) is 2. The number of nitrogens with one attached hydrogen (secondary N) is 1. The van der Waals surface area contributed by atoms with Crippen LogP contribution in [0.25, 0.3) is 0 Å². The van der Waals surface area contributed by atoms with Crippen molar-refractivity contribution in [3.05, 3.63) is 17.5 Å². The van der Waals surface area contributed by atoms with E-state index >= 15 is 0 Å². The Balaban J connectivity index is 2.22. The molecule has 1 aliphatic carbocycles. The molecule has 86 valence electrons. The Morgan fingerprint density at radius 2 is 2.31 bits per heavy atom. The van der Waals surface area contributed by atoms with Gasteiger partial charge in [-0.25, -0.2) is 4.79 Å². The number of aromatic nitrogens is 2. The molecule has 16 heavy (non-hydrogen) atoms. The predicted molar refractivity (Wildman–Crippen MR) is 55.3 cm³/mol. The van der Waals surface area contributed by atoms with Crippen LogP contribution in [-0.4, -0.2) is 32.8 Å². The highest BCUT2D eigenvalue weighted by atomic mass is 16.4. The second-order valence-corrected chi connectivity index (χ2v) is 3.78. The summed E-state index contributed by atoms with van der Waals surface area (Å²) >= 11 is 0. The fourth-order valence-corrected chi connectivity index (χ4v) is 1.43. The largest absolute Gasteiger partial charge is 0.476 e. The molecule has 1 aromatic heterocycles. The Hall–Kier alpha value is -1.85. The Morgan fingerprint density at radius 3 is 2.81 bits per heavy atom. The van der Waals surface area contributed by atoms with Gasteiger partial charge in [-0.05, 0) is 19.8 Å². The average molecular weight is 223 g/mol. The van der Waals surface area contributed by atoms with Crippen molar-refractivity contribution in [2.45, 2.75) is 32.4 Å². The van der Waals surface area contributed by atoms with E-state index in [0.717, 1.165) is 12.8 Å². The van der Waals surface area contributed by atoms with Gasteiger partial charge in [0.25, 0.3) is 5.91 Å². The van der Waals surface area contributed by atoms with Gasteiger partial charge in [-0.2, -0.15) is 5.10 Å². The number of carbonyl (C=O) groups is 2. The van der Waals surface area contributed by atoms with E-state index in [1.165, 1.54) is 10.7 Å². The van der Waals surface area contributed by atoms with E-state index in [0.29, 0.717) is 12.2 Å². The summed E-state index contributed by atoms with van der Waals surface area (Å²) in [6.45, 7) is 2.28. The molecular weight excluding hydrogens is 210 g/mol. The summed E-state index contributed by atoms with van der Waals surface area (Å²) in [7, 11) is 0. The SMILES string of the molecule is CCn1nc(C(=O)O)cc1C(=O)NC1CC1. The van der Waals surface area contributed by atoms with Crippen LogP contribution in [0.15, 0.2) is 6.07 Å². The van der Waals surface area contributed by atoms with Gasteiger partial charge >= 0.3 is 5.97 Å². The molecule has 0 aromatic carbocycles. The highest BCUT2D eigenvalue weighted by Gasteiger charge is 2.26. The highest BCUT2D eigenvalue weighted by molar-refractivity contribution is 5.95. The lowest BCUT2D eigenvalue weighted by Crippen LogP contribution is -2.27. The third-order valence-corrected chi connectivity index (χ3v) is 2.44. The van der Waals surface area contributed by atoms with Gasteiger partial charge in [-0.1, -0.05) is 0 Å². The van der Waals surface area contributed by atoms with E-state index in [1.807, 2.05) is 6.92 Å². The van der Waals surface area contributed by atoms with Crippen LogP contribution in [0.4, 0.5) is 0 Å². The minimum absolute atomic E-state index is 0.0946. The molecule has 0 bridgehead atoms. The first-order valence-corrected chi connectivity index (χ1v) is 5.23. The van der Waals surface area contributed by atoms with Gasteiger partial charge in [0.1, 0.15) is 5.69 Å². The molecular formula is C10H13N3O3. The zero-order valence-electron chi connectivity index (χ0n) is 8.93. The minimum Gasteiger partial charge on any atom is -0.476 e. The fraction of sp³-hybridized carbons (Fsp3) is 0.500. The molecule has 0 atom stereocenters. The van der Waals surface area contributed by atoms with Crippen molar-refractivity contribution in [2.75, 3.05) is 0 Å². The number of rotatable bonds is 4. The lowest BCUT2D eigenvalue weighted by atomic mass is 10.3. The normalized spacial score (nSPS) is 14.8. The van der Waals surface area contributed by atoms with E-state index in [2.05, 4.69) is 10.4 Å². The molecule has 6 nitrogen and oxygen atoms in total. The van der Waals surface area contributed by atoms with Crippen LogP contribution in [0, 0.1) is 0 Å². The van der Waals surface area contributed by atoms with Gasteiger partial charge in [-0.3, -0.25) is 9.48 Å². The first-order valence-electron chi connectivity index (χ1n) is 5.23. The number of carboxylic acids is 1. The van der Waals surface area contributed by atoms with Crippen molar-refractivity contribution in [1.82, 2.24) is 15.1 Å². The van der Waals surface area contributed by atoms with Crippen molar-refractivity contribution in [1.29, 1.82) is 0 Å². The van der Waals surface area contributed by atoms with Crippen LogP contribution in [0.2, 0.25) is 0 Å². The average Bonchev–Trinajstić information content (AvgIpc) is 2.94. The molecule has 0 radical (unpaired) electrons. The second-order valence-electron chi connectivity index (χ2n) is 3.78. The third-order valence-electron chi connectivity index (χ3n) is 2.44. The van der Waals surface area contributed by atoms with Crippen LogP contribution in [-0.2, 0) is 6.54 Å². The predicted octanol–water partition coefficient (Wildman–Crippen LogP) is 0.493. The van der Waals surface area contributed by atoms with Gasteiger partial charge in [0.15, 0.2) is 5.69 Å². The standard InChI is InChI=1S/C10H13N3O3/c1-2-13-8(5-7(12-13)10(15)16)9(14)11-6-3-4-6/h5-6H,2-4H2,1H3,(H,11,14)(H,15,16). The lowest BCUT2D eigenvalue weighted by molar-refractivity contribution is 0.0689. The van der Waals surface area contributed by atoms with Crippen molar-refractivity contribution in [3.8, 4) is 0 Å². The van der Waals surface area contributed by atoms with Gasteiger partial charge in [0.05, 0.1) is 0 Å². The molecule has 0 saturated heterocycles. The number of carboxylic acid groups (broad SMARTS) is 1. The van der Waals surface area contributed by atoms with Crippen LogP contribution in [0.3, 0.4) is 0 Å². The van der Waals surface area contributed by atoms with Gasteiger partial charge in [-0.15, -0.1) is 0 Å². The first-order chi connectivity index (χ1) is 7.61. The van der Waals surface area contributed by atoms with Gasteiger partial charge < -0.3 is 10.4 Å². The molecule has 1 saturated carbocycles. The monoisotopic (exact) mass is 223 g/mol. The fourth-order valence-electron chi connectivity index (χ4n) is 1.43. The molecule has 0 aliphatic heterocycles. The zero-order valence-corrected chi connectivity index (χ0v) is 8.93. The van der Waals surface area contributed by atoms with Crippen molar-refractivity contribution < 1.29 is 14.7 Å². The van der Waals surface area contributed by atoms with Gasteiger partial charge in [0.2, 0.25) is 0 Å². The van der Waals surface area contributed by atoms with E-state index < -0.39 is 5.97 Å². The number of hydrogen-bond acceptors (Lipinski definition) is 3. The molecule has 1 fully saturated rings. The number of carbonyl (C=O) groups excluding carboxylic acids is 1. The molecule has 2 rings (SSSR count). The Labute approximate surface area is 92.3 Å². The Bertz CT molecular complexity index is 435. The summed E-state index contributed by atoms with van der Waals surface area (Å²) in [5.74, 6) is -1.36. The topological polar surface area (TPSA) is 84.2 Å². The molecule has 2 N–H and O–H groups in total. The molecule has 0 unspecified atom stereocenters. The van der Waals surface area contributed by atoms with Gasteiger partial charge in [0, 0.05) is 18.7 Å². The van der Waals surface area contributed by atoms with E-state index in [1.54, 1.807) is 0 Å². The number of aryl methyl sites for hydroxylation is 1. The Morgan fingerprint density at radius 1 is 1.62 bits per heavy atom. The zero-order chi connectivity index (χ0) is 11.7. The smallest absolute Gasteiger partial charge is 0.356 e. The summed E-state index contributed by atoms with van der Waals surface area (Å²) < 4.78 is 1.40. The van der Waals surface area contributed by atoms with Crippen molar-refractivity contribution >= 4 is 11.9 Å². The van der Waals surface area contributed by atoms with E-state index in [-0.39, 0.29) is 17.6 Å². The maximum absolute atomic E-state index is 11.7. The van der Waals surface area contributed by atoms with Crippen LogP contribution in [0.1, 0.15) is 40.7 Å². The molecule has 1 amide bonds. The van der Waals surface area contributed by atoms with E-state index in [4.69, 9.17) is 5.11 Å². The van der Waals surface area contributed by atoms with Crippen molar-refractivity contribution in [2.24, 2.45) is 0 Å². The summed E-state index contributed by atoms with van der Waals surface area (Å²) in [6, 6.07) is 1.56. The number of hydrogen-bond donors (Lipinski definition) is 2. The molecule has 1 aliphatic rings. The number of amides is 1. The molecule has 1 aromatic rings. The maximum Gasteiger partial charge on any atom is 0.356 e. The third kappa shape index (κ3) is 2.05. The summed E-state index contributed by atoms with van der Waals surface area (Å²) in [4.78, 5) is 22.5.